The third-order valence-electron chi connectivity index (χ3n) is 1.62. The first-order valence-corrected chi connectivity index (χ1v) is 5.24. The van der Waals surface area contributed by atoms with Gasteiger partial charge >= 0.3 is 15.4 Å². The molecule has 1 fully saturated rings. The highest BCUT2D eigenvalue weighted by Crippen LogP contribution is 2.25. The van der Waals surface area contributed by atoms with Gasteiger partial charge in [0.15, 0.2) is 0 Å². The van der Waals surface area contributed by atoms with E-state index in [-0.39, 0.29) is 24.8 Å². The Morgan fingerprint density at radius 3 is 2.00 bits per heavy atom. The van der Waals surface area contributed by atoms with Crippen LogP contribution in [0.5, 0.6) is 0 Å². The van der Waals surface area contributed by atoms with Crippen LogP contribution in [0.3, 0.4) is 0 Å². The van der Waals surface area contributed by atoms with E-state index in [1.54, 1.807) is 0 Å². The second-order valence-electron chi connectivity index (χ2n) is 2.92. The van der Waals surface area contributed by atoms with Crippen LogP contribution in [-0.2, 0) is 24.0 Å². The van der Waals surface area contributed by atoms with Gasteiger partial charge in [0, 0.05) is 19.8 Å². The van der Waals surface area contributed by atoms with Crippen LogP contribution in [0.2, 0.25) is 0 Å². The number of hydroxylamine groups is 2. The number of hydrogen-bond acceptors (Lipinski definition) is 5. The lowest BCUT2D eigenvalue weighted by atomic mass is 10.4. The number of amides is 2. The Labute approximate surface area is 83.9 Å². The maximum Gasteiger partial charge on any atom is 0.369 e. The van der Waals surface area contributed by atoms with Crippen molar-refractivity contribution in [3.63, 3.8) is 0 Å². The maximum atomic E-state index is 12.4. The summed E-state index contributed by atoms with van der Waals surface area (Å²) in [5.74, 6) is -1.90. The van der Waals surface area contributed by atoms with E-state index in [9.17, 15) is 26.8 Å². The molecule has 1 heterocycles. The topological polar surface area (TPSA) is 80.8 Å². The Morgan fingerprint density at radius 2 is 1.67 bits per heavy atom. The molecule has 0 aromatic carbocycles. The molecule has 1 aliphatic rings. The second kappa shape index (κ2) is 3.49. The van der Waals surface area contributed by atoms with Gasteiger partial charge in [0.05, 0.1) is 0 Å². The maximum absolute atomic E-state index is 12.4. The molecule has 0 spiro atoms. The van der Waals surface area contributed by atoms with E-state index in [2.05, 4.69) is 4.28 Å². The Morgan fingerprint density at radius 1 is 1.27 bits per heavy atom. The van der Waals surface area contributed by atoms with Crippen molar-refractivity contribution < 1.29 is 31.1 Å². The van der Waals surface area contributed by atoms with E-state index in [0.717, 1.165) is 0 Å². The summed E-state index contributed by atoms with van der Waals surface area (Å²) in [6.07, 6.45) is -0.493. The molecule has 0 N–H and O–H groups in total. The number of carbonyl (C=O) groups is 2. The summed E-state index contributed by atoms with van der Waals surface area (Å²) < 4.78 is 50.2. The van der Waals surface area contributed by atoms with E-state index >= 15 is 0 Å². The van der Waals surface area contributed by atoms with Gasteiger partial charge in [0.25, 0.3) is 11.8 Å². The number of alkyl halides is 2. The summed E-state index contributed by atoms with van der Waals surface area (Å²) in [5.41, 5.74) is 0. The van der Waals surface area contributed by atoms with Crippen LogP contribution in [0.1, 0.15) is 19.8 Å². The molecule has 2 amide bonds. The summed E-state index contributed by atoms with van der Waals surface area (Å²) in [6, 6.07) is 0. The van der Waals surface area contributed by atoms with E-state index in [1.807, 2.05) is 0 Å². The fraction of sp³-hybridized carbons (Fsp3) is 0.667. The van der Waals surface area contributed by atoms with Gasteiger partial charge in [0.1, 0.15) is 0 Å². The molecule has 6 nitrogen and oxygen atoms in total. The minimum absolute atomic E-state index is 0.0906. The van der Waals surface area contributed by atoms with Crippen molar-refractivity contribution in [2.24, 2.45) is 0 Å². The summed E-state index contributed by atoms with van der Waals surface area (Å²) >= 11 is 0. The predicted octanol–water partition coefficient (Wildman–Crippen LogP) is 0.00950. The summed E-state index contributed by atoms with van der Waals surface area (Å²) in [6.45, 7) is 0.0906. The molecule has 0 aromatic heterocycles. The summed E-state index contributed by atoms with van der Waals surface area (Å²) in [5, 5.41) is -4.32. The first kappa shape index (κ1) is 12.0. The fourth-order valence-electron chi connectivity index (χ4n) is 0.803. The largest absolute Gasteiger partial charge is 0.369 e. The number of hydrogen-bond donors (Lipinski definition) is 0. The van der Waals surface area contributed by atoms with Crippen molar-refractivity contribution in [3.05, 3.63) is 0 Å². The van der Waals surface area contributed by atoms with Gasteiger partial charge in [0.2, 0.25) is 0 Å². The molecular formula is C6H7F2NO5S. The monoisotopic (exact) mass is 243 g/mol. The fourth-order valence-corrected chi connectivity index (χ4v) is 1.30. The number of carbonyl (C=O) groups excluding carboxylic acids is 2. The van der Waals surface area contributed by atoms with E-state index < -0.39 is 27.2 Å². The lowest BCUT2D eigenvalue weighted by Crippen LogP contribution is -2.38. The highest BCUT2D eigenvalue weighted by atomic mass is 32.2. The van der Waals surface area contributed by atoms with Crippen molar-refractivity contribution in [1.82, 2.24) is 5.06 Å². The second-order valence-corrected chi connectivity index (χ2v) is 4.69. The molecule has 0 atom stereocenters. The molecule has 86 valence electrons. The Balaban J connectivity index is 2.87. The van der Waals surface area contributed by atoms with Crippen molar-refractivity contribution >= 4 is 21.9 Å². The van der Waals surface area contributed by atoms with Crippen molar-refractivity contribution in [2.45, 2.75) is 25.0 Å². The van der Waals surface area contributed by atoms with E-state index in [1.165, 1.54) is 0 Å². The highest BCUT2D eigenvalue weighted by molar-refractivity contribution is 7.87. The minimum atomic E-state index is -5.30. The smallest absolute Gasteiger partial charge is 0.272 e. The zero-order chi connectivity index (χ0) is 11.9. The lowest BCUT2D eigenvalue weighted by molar-refractivity contribution is -0.164. The van der Waals surface area contributed by atoms with Crippen molar-refractivity contribution in [2.75, 3.05) is 0 Å². The Kier molecular flexibility index (Phi) is 2.79. The van der Waals surface area contributed by atoms with Gasteiger partial charge in [-0.1, -0.05) is 0 Å². The van der Waals surface area contributed by atoms with Crippen LogP contribution in [0, 0.1) is 0 Å². The van der Waals surface area contributed by atoms with Crippen LogP contribution in [0.15, 0.2) is 0 Å². The Bertz CT molecular complexity index is 382. The Hall–Kier alpha value is -1.09. The number of rotatable bonds is 3. The molecule has 0 unspecified atom stereocenters. The van der Waals surface area contributed by atoms with Gasteiger partial charge in [-0.3, -0.25) is 9.59 Å². The normalized spacial score (nSPS) is 18.7. The van der Waals surface area contributed by atoms with Crippen LogP contribution in [-0.4, -0.2) is 30.5 Å². The van der Waals surface area contributed by atoms with E-state index in [4.69, 9.17) is 0 Å². The van der Waals surface area contributed by atoms with E-state index in [0.29, 0.717) is 0 Å². The molecule has 0 aliphatic carbocycles. The number of halogens is 2. The molecular weight excluding hydrogens is 236 g/mol. The lowest BCUT2D eigenvalue weighted by Gasteiger charge is -2.16. The summed E-state index contributed by atoms with van der Waals surface area (Å²) in [4.78, 5) is 21.7. The average molecular weight is 243 g/mol. The average Bonchev–Trinajstić information content (AvgIpc) is 2.33. The summed E-state index contributed by atoms with van der Waals surface area (Å²) in [7, 11) is -5.30. The zero-order valence-corrected chi connectivity index (χ0v) is 8.38. The third-order valence-corrected chi connectivity index (χ3v) is 2.84. The number of nitrogens with zero attached hydrogens (tertiary/aromatic N) is 1. The third kappa shape index (κ3) is 2.29. The van der Waals surface area contributed by atoms with Gasteiger partial charge in [-0.15, -0.1) is 9.35 Å². The first-order chi connectivity index (χ1) is 6.65. The molecule has 0 aromatic rings. The SMILES string of the molecule is CC(F)(F)S(=O)(=O)ON1C(=O)CCC1=O. The molecule has 1 rings (SSSR count). The molecule has 15 heavy (non-hydrogen) atoms. The van der Waals surface area contributed by atoms with Crippen molar-refractivity contribution in [3.8, 4) is 0 Å². The molecule has 1 saturated heterocycles. The van der Waals surface area contributed by atoms with Gasteiger partial charge in [-0.05, 0) is 0 Å². The van der Waals surface area contributed by atoms with Crippen LogP contribution in [0.4, 0.5) is 8.78 Å². The van der Waals surface area contributed by atoms with Crippen LogP contribution < -0.4 is 0 Å². The molecule has 9 heteroatoms. The quantitative estimate of drug-likeness (QED) is 0.652. The van der Waals surface area contributed by atoms with Gasteiger partial charge < -0.3 is 0 Å². The van der Waals surface area contributed by atoms with Gasteiger partial charge in [-0.25, -0.2) is 0 Å². The zero-order valence-electron chi connectivity index (χ0n) is 7.57. The standard InChI is InChI=1S/C6H7F2NO5S/c1-6(7,8)15(12,13)14-9-4(10)2-3-5(9)11/h2-3H2,1H3. The first-order valence-electron chi connectivity index (χ1n) is 3.83. The highest BCUT2D eigenvalue weighted by Gasteiger charge is 2.46. The molecule has 1 aliphatic heterocycles. The molecule has 0 saturated carbocycles. The molecule has 0 bridgehead atoms. The molecule has 0 radical (unpaired) electrons. The van der Waals surface area contributed by atoms with Gasteiger partial charge in [-0.2, -0.15) is 17.2 Å². The predicted molar refractivity (Wildman–Crippen MR) is 41.7 cm³/mol. The van der Waals surface area contributed by atoms with Crippen LogP contribution >= 0.6 is 0 Å². The van der Waals surface area contributed by atoms with Crippen LogP contribution in [0.25, 0.3) is 0 Å². The minimum Gasteiger partial charge on any atom is -0.272 e. The number of imide groups is 1. The van der Waals surface area contributed by atoms with Crippen molar-refractivity contribution in [1.29, 1.82) is 0 Å².